The first-order valence-electron chi connectivity index (χ1n) is 9.71. The zero-order valence-electron chi connectivity index (χ0n) is 16.6. The summed E-state index contributed by atoms with van der Waals surface area (Å²) in [5.41, 5.74) is 5.57. The van der Waals surface area contributed by atoms with Crippen molar-refractivity contribution in [1.82, 2.24) is 15.2 Å². The summed E-state index contributed by atoms with van der Waals surface area (Å²) in [6.07, 6.45) is 4.68. The van der Waals surface area contributed by atoms with Crippen molar-refractivity contribution in [2.24, 2.45) is 11.1 Å². The lowest BCUT2D eigenvalue weighted by Crippen LogP contribution is -2.44. The summed E-state index contributed by atoms with van der Waals surface area (Å²) in [7, 11) is 0. The van der Waals surface area contributed by atoms with Crippen molar-refractivity contribution in [1.29, 1.82) is 0 Å². The third-order valence-electron chi connectivity index (χ3n) is 5.19. The summed E-state index contributed by atoms with van der Waals surface area (Å²) in [5, 5.41) is 2.82. The number of nitrogens with one attached hydrogen (secondary N) is 1. The summed E-state index contributed by atoms with van der Waals surface area (Å²) >= 11 is 0. The Morgan fingerprint density at radius 1 is 1.29 bits per heavy atom. The molecule has 1 aliphatic heterocycles. The second-order valence-electron chi connectivity index (χ2n) is 8.74. The maximum absolute atomic E-state index is 12.7. The number of pyridine rings is 1. The van der Waals surface area contributed by atoms with Gasteiger partial charge in [-0.15, -0.1) is 0 Å². The maximum Gasteiger partial charge on any atom is 0.325 e. The van der Waals surface area contributed by atoms with Gasteiger partial charge < -0.3 is 15.8 Å². The summed E-state index contributed by atoms with van der Waals surface area (Å²) < 4.78 is 5.88. The molecule has 2 fully saturated rings. The number of nitrogens with zero attached hydrogens (tertiary/aromatic N) is 2. The molecule has 1 aromatic heterocycles. The molecule has 1 aliphatic carbocycles. The van der Waals surface area contributed by atoms with E-state index in [9.17, 15) is 14.4 Å². The lowest BCUT2D eigenvalue weighted by atomic mass is 9.87. The van der Waals surface area contributed by atoms with E-state index in [2.05, 4.69) is 31.1 Å². The van der Waals surface area contributed by atoms with Crippen molar-refractivity contribution in [2.45, 2.75) is 71.1 Å². The van der Waals surface area contributed by atoms with Crippen LogP contribution in [0.25, 0.3) is 0 Å². The molecule has 28 heavy (non-hydrogen) atoms. The number of hydrogen-bond donors (Lipinski definition) is 2. The molecular formula is C20H28N4O4. The molecule has 3 N–H and O–H groups in total. The van der Waals surface area contributed by atoms with Crippen molar-refractivity contribution in [3.63, 3.8) is 0 Å². The van der Waals surface area contributed by atoms with Crippen LogP contribution in [-0.2, 0) is 4.79 Å². The number of ether oxygens (including phenoxy) is 1. The third kappa shape index (κ3) is 4.43. The first kappa shape index (κ1) is 20.1. The normalized spacial score (nSPS) is 25.5. The van der Waals surface area contributed by atoms with Gasteiger partial charge in [-0.05, 0) is 49.7 Å². The molecule has 0 spiro atoms. The molecule has 8 nitrogen and oxygen atoms in total. The standard InChI is InChI=1S/C20H28N4O4/c1-20(2,3)11-15-18(26)24(19(27)23-15)12-6-8-13(9-7-12)28-17-14(16(21)25)5-4-10-22-17/h4-5,10,12-13,15H,6-9,11H2,1-3H3,(H2,21,25)(H,23,27)/t12?,13?,15-/m0/s1. The Balaban J connectivity index is 1.59. The Morgan fingerprint density at radius 3 is 2.57 bits per heavy atom. The Labute approximate surface area is 164 Å². The van der Waals surface area contributed by atoms with Gasteiger partial charge in [-0.3, -0.25) is 14.5 Å². The van der Waals surface area contributed by atoms with Gasteiger partial charge in [0.05, 0.1) is 0 Å². The van der Waals surface area contributed by atoms with E-state index >= 15 is 0 Å². The largest absolute Gasteiger partial charge is 0.474 e. The number of primary amides is 1. The summed E-state index contributed by atoms with van der Waals surface area (Å²) in [6.45, 7) is 6.15. The predicted molar refractivity (Wildman–Crippen MR) is 103 cm³/mol. The number of hydrogen-bond acceptors (Lipinski definition) is 5. The molecular weight excluding hydrogens is 360 g/mol. The Kier molecular flexibility index (Phi) is 5.58. The second kappa shape index (κ2) is 7.77. The fourth-order valence-electron chi connectivity index (χ4n) is 3.90. The van der Waals surface area contributed by atoms with E-state index < -0.39 is 11.9 Å². The van der Waals surface area contributed by atoms with Gasteiger partial charge in [0.2, 0.25) is 5.88 Å². The SMILES string of the molecule is CC(C)(C)C[C@@H]1NC(=O)N(C2CCC(Oc3ncccc3C(N)=O)CC2)C1=O. The van der Waals surface area contributed by atoms with E-state index in [0.717, 1.165) is 0 Å². The third-order valence-corrected chi connectivity index (χ3v) is 5.19. The quantitative estimate of drug-likeness (QED) is 0.751. The zero-order valence-corrected chi connectivity index (χ0v) is 16.6. The minimum absolute atomic E-state index is 0.0457. The summed E-state index contributed by atoms with van der Waals surface area (Å²) in [6, 6.07) is 2.34. The first-order chi connectivity index (χ1) is 13.2. The fraction of sp³-hybridized carbons (Fsp3) is 0.600. The molecule has 4 amide bonds. The van der Waals surface area contributed by atoms with Crippen molar-refractivity contribution in [2.75, 3.05) is 0 Å². The van der Waals surface area contributed by atoms with E-state index in [4.69, 9.17) is 10.5 Å². The monoisotopic (exact) mass is 388 g/mol. The van der Waals surface area contributed by atoms with E-state index in [1.54, 1.807) is 18.3 Å². The number of carbonyl (C=O) groups excluding carboxylic acids is 3. The summed E-state index contributed by atoms with van der Waals surface area (Å²) in [4.78, 5) is 42.1. The molecule has 3 rings (SSSR count). The molecule has 1 atom stereocenters. The number of carbonyl (C=O) groups is 3. The molecule has 0 bridgehead atoms. The Bertz CT molecular complexity index is 766. The van der Waals surface area contributed by atoms with Crippen LogP contribution in [-0.4, -0.2) is 45.9 Å². The highest BCUT2D eigenvalue weighted by Gasteiger charge is 2.44. The number of nitrogens with two attached hydrogens (primary N) is 1. The van der Waals surface area contributed by atoms with Gasteiger partial charge in [0.15, 0.2) is 0 Å². The van der Waals surface area contributed by atoms with Crippen LogP contribution in [0.2, 0.25) is 0 Å². The minimum atomic E-state index is -0.582. The van der Waals surface area contributed by atoms with Crippen LogP contribution in [0.1, 0.15) is 63.2 Å². The van der Waals surface area contributed by atoms with Crippen molar-refractivity contribution in [3.05, 3.63) is 23.9 Å². The molecule has 0 unspecified atom stereocenters. The van der Waals surface area contributed by atoms with Crippen LogP contribution in [0.15, 0.2) is 18.3 Å². The van der Waals surface area contributed by atoms with Gasteiger partial charge in [0.1, 0.15) is 17.7 Å². The van der Waals surface area contributed by atoms with Crippen LogP contribution in [0.3, 0.4) is 0 Å². The van der Waals surface area contributed by atoms with E-state index in [0.29, 0.717) is 32.1 Å². The minimum Gasteiger partial charge on any atom is -0.474 e. The van der Waals surface area contributed by atoms with Crippen molar-refractivity contribution >= 4 is 17.8 Å². The second-order valence-corrected chi connectivity index (χ2v) is 8.74. The van der Waals surface area contributed by atoms with Gasteiger partial charge in [0, 0.05) is 12.2 Å². The number of rotatable bonds is 5. The van der Waals surface area contributed by atoms with E-state index in [1.165, 1.54) is 4.90 Å². The van der Waals surface area contributed by atoms with Gasteiger partial charge in [0.25, 0.3) is 11.8 Å². The van der Waals surface area contributed by atoms with Crippen LogP contribution in [0.4, 0.5) is 4.79 Å². The van der Waals surface area contributed by atoms with E-state index in [-0.39, 0.29) is 40.9 Å². The smallest absolute Gasteiger partial charge is 0.325 e. The number of aromatic nitrogens is 1. The lowest BCUT2D eigenvalue weighted by Gasteiger charge is -2.33. The zero-order chi connectivity index (χ0) is 20.5. The molecule has 2 heterocycles. The highest BCUT2D eigenvalue weighted by molar-refractivity contribution is 6.04. The van der Waals surface area contributed by atoms with Crippen LogP contribution < -0.4 is 15.8 Å². The van der Waals surface area contributed by atoms with E-state index in [1.807, 2.05) is 0 Å². The Morgan fingerprint density at radius 2 is 1.96 bits per heavy atom. The first-order valence-corrected chi connectivity index (χ1v) is 9.71. The van der Waals surface area contributed by atoms with Gasteiger partial charge in [-0.2, -0.15) is 0 Å². The van der Waals surface area contributed by atoms with Crippen molar-refractivity contribution < 1.29 is 19.1 Å². The van der Waals surface area contributed by atoms with Crippen molar-refractivity contribution in [3.8, 4) is 5.88 Å². The fourth-order valence-corrected chi connectivity index (χ4v) is 3.90. The Hall–Kier alpha value is -2.64. The molecule has 8 heteroatoms. The lowest BCUT2D eigenvalue weighted by molar-refractivity contribution is -0.130. The number of imide groups is 1. The molecule has 1 saturated carbocycles. The highest BCUT2D eigenvalue weighted by Crippen LogP contribution is 2.31. The maximum atomic E-state index is 12.7. The van der Waals surface area contributed by atoms with Crippen LogP contribution >= 0.6 is 0 Å². The summed E-state index contributed by atoms with van der Waals surface area (Å²) in [5.74, 6) is -0.482. The highest BCUT2D eigenvalue weighted by atomic mass is 16.5. The van der Waals surface area contributed by atoms with Gasteiger partial charge >= 0.3 is 6.03 Å². The molecule has 1 aromatic rings. The number of urea groups is 1. The average Bonchev–Trinajstić information content (AvgIpc) is 2.88. The molecule has 0 radical (unpaired) electrons. The van der Waals surface area contributed by atoms with Crippen LogP contribution in [0.5, 0.6) is 5.88 Å². The topological polar surface area (TPSA) is 115 Å². The van der Waals surface area contributed by atoms with Crippen LogP contribution in [0, 0.1) is 5.41 Å². The predicted octanol–water partition coefficient (Wildman–Crippen LogP) is 2.23. The van der Waals surface area contributed by atoms with Gasteiger partial charge in [-0.25, -0.2) is 9.78 Å². The molecule has 1 saturated heterocycles. The molecule has 2 aliphatic rings. The molecule has 152 valence electrons. The number of amides is 4. The average molecular weight is 388 g/mol. The molecule has 0 aromatic carbocycles. The van der Waals surface area contributed by atoms with Gasteiger partial charge in [-0.1, -0.05) is 20.8 Å².